The highest BCUT2D eigenvalue weighted by atomic mass is 32.2. The second kappa shape index (κ2) is 9.89. The van der Waals surface area contributed by atoms with Crippen LogP contribution in [0.1, 0.15) is 74.8 Å². The number of carboxylic acids is 1. The molecule has 0 aliphatic heterocycles. The number of benzene rings is 1. The monoisotopic (exact) mass is 370 g/mol. The standard InChI is InChI=1S/C18H30N2O4S/c1-4-7-11-20(12-8-5-2)17(6-3)16-13-14(25(19,23)24)9-10-15(16)18(21)22/h9-10,13,17H,4-8,11-12H2,1-3H3,(H,21,22)(H2,19,23,24). The number of hydrogen-bond donors (Lipinski definition) is 2. The third-order valence-corrected chi connectivity index (χ3v) is 5.28. The summed E-state index contributed by atoms with van der Waals surface area (Å²) in [7, 11) is -3.88. The van der Waals surface area contributed by atoms with Gasteiger partial charge >= 0.3 is 5.97 Å². The highest BCUT2D eigenvalue weighted by molar-refractivity contribution is 7.89. The van der Waals surface area contributed by atoms with Gasteiger partial charge in [-0.3, -0.25) is 4.90 Å². The highest BCUT2D eigenvalue weighted by Gasteiger charge is 2.25. The number of hydrogen-bond acceptors (Lipinski definition) is 4. The zero-order valence-corrected chi connectivity index (χ0v) is 16.2. The van der Waals surface area contributed by atoms with Crippen molar-refractivity contribution in [2.75, 3.05) is 13.1 Å². The van der Waals surface area contributed by atoms with E-state index < -0.39 is 16.0 Å². The lowest BCUT2D eigenvalue weighted by Crippen LogP contribution is -2.32. The molecule has 7 heteroatoms. The topological polar surface area (TPSA) is 101 Å². The van der Waals surface area contributed by atoms with Crippen LogP contribution >= 0.6 is 0 Å². The number of nitrogens with zero attached hydrogens (tertiary/aromatic N) is 1. The van der Waals surface area contributed by atoms with Crippen LogP contribution in [0.25, 0.3) is 0 Å². The van der Waals surface area contributed by atoms with Gasteiger partial charge in [0.15, 0.2) is 0 Å². The van der Waals surface area contributed by atoms with Gasteiger partial charge in [-0.1, -0.05) is 33.6 Å². The van der Waals surface area contributed by atoms with Gasteiger partial charge < -0.3 is 5.11 Å². The molecule has 1 aromatic rings. The van der Waals surface area contributed by atoms with E-state index in [1.165, 1.54) is 18.2 Å². The lowest BCUT2D eigenvalue weighted by atomic mass is 9.96. The van der Waals surface area contributed by atoms with Crippen molar-refractivity contribution in [2.45, 2.75) is 63.8 Å². The first kappa shape index (κ1) is 21.6. The van der Waals surface area contributed by atoms with Gasteiger partial charge in [0, 0.05) is 6.04 Å². The molecule has 0 heterocycles. The fourth-order valence-corrected chi connectivity index (χ4v) is 3.56. The Kier molecular flexibility index (Phi) is 8.55. The Morgan fingerprint density at radius 1 is 1.16 bits per heavy atom. The van der Waals surface area contributed by atoms with Crippen molar-refractivity contribution in [3.8, 4) is 0 Å². The van der Waals surface area contributed by atoms with Gasteiger partial charge in [-0.05, 0) is 56.1 Å². The summed E-state index contributed by atoms with van der Waals surface area (Å²) in [5, 5.41) is 14.8. The normalized spacial score (nSPS) is 13.2. The molecule has 0 aromatic heterocycles. The number of carbonyl (C=O) groups is 1. The van der Waals surface area contributed by atoms with E-state index in [-0.39, 0.29) is 16.5 Å². The van der Waals surface area contributed by atoms with Gasteiger partial charge in [0.1, 0.15) is 0 Å². The SMILES string of the molecule is CCCCN(CCCC)C(CC)c1cc(S(N)(=O)=O)ccc1C(=O)O. The fraction of sp³-hybridized carbons (Fsp3) is 0.611. The second-order valence-electron chi connectivity index (χ2n) is 6.27. The van der Waals surface area contributed by atoms with Gasteiger partial charge in [0.05, 0.1) is 10.5 Å². The van der Waals surface area contributed by atoms with Crippen molar-refractivity contribution in [1.29, 1.82) is 0 Å². The van der Waals surface area contributed by atoms with E-state index >= 15 is 0 Å². The number of rotatable bonds is 11. The van der Waals surface area contributed by atoms with E-state index in [0.717, 1.165) is 38.8 Å². The first-order valence-electron chi connectivity index (χ1n) is 8.90. The number of carboxylic acid groups (broad SMARTS) is 1. The summed E-state index contributed by atoms with van der Waals surface area (Å²) in [6.45, 7) is 7.93. The lowest BCUT2D eigenvalue weighted by molar-refractivity contribution is 0.0691. The molecule has 1 atom stereocenters. The Morgan fingerprint density at radius 3 is 2.12 bits per heavy atom. The zero-order valence-electron chi connectivity index (χ0n) is 15.4. The summed E-state index contributed by atoms with van der Waals surface area (Å²) in [6.07, 6.45) is 4.81. The summed E-state index contributed by atoms with van der Waals surface area (Å²) in [5.41, 5.74) is 0.658. The molecule has 0 saturated heterocycles. The zero-order chi connectivity index (χ0) is 19.0. The van der Waals surface area contributed by atoms with E-state index in [2.05, 4.69) is 18.7 Å². The molecule has 0 bridgehead atoms. The minimum atomic E-state index is -3.88. The number of primary sulfonamides is 1. The van der Waals surface area contributed by atoms with Crippen molar-refractivity contribution in [3.05, 3.63) is 29.3 Å². The summed E-state index contributed by atoms with van der Waals surface area (Å²) in [4.78, 5) is 13.9. The summed E-state index contributed by atoms with van der Waals surface area (Å²) < 4.78 is 23.4. The average molecular weight is 371 g/mol. The minimum absolute atomic E-state index is 0.0446. The molecule has 1 rings (SSSR count). The summed E-state index contributed by atoms with van der Waals surface area (Å²) in [5.74, 6) is -1.06. The highest BCUT2D eigenvalue weighted by Crippen LogP contribution is 2.30. The average Bonchev–Trinajstić information content (AvgIpc) is 2.56. The molecule has 0 aliphatic rings. The van der Waals surface area contributed by atoms with Crippen molar-refractivity contribution >= 4 is 16.0 Å². The number of sulfonamides is 1. The third kappa shape index (κ3) is 6.09. The molecule has 0 radical (unpaired) electrons. The third-order valence-electron chi connectivity index (χ3n) is 4.37. The number of aromatic carboxylic acids is 1. The van der Waals surface area contributed by atoms with Crippen LogP contribution < -0.4 is 5.14 Å². The summed E-state index contributed by atoms with van der Waals surface area (Å²) in [6, 6.07) is 3.89. The molecule has 1 unspecified atom stereocenters. The number of nitrogens with two attached hydrogens (primary N) is 1. The fourth-order valence-electron chi connectivity index (χ4n) is 3.01. The van der Waals surface area contributed by atoms with E-state index in [4.69, 9.17) is 5.14 Å². The molecule has 3 N–H and O–H groups in total. The molecule has 142 valence electrons. The van der Waals surface area contributed by atoms with Crippen LogP contribution in [0.3, 0.4) is 0 Å². The quantitative estimate of drug-likeness (QED) is 0.622. The van der Waals surface area contributed by atoms with Crippen molar-refractivity contribution in [3.63, 3.8) is 0 Å². The van der Waals surface area contributed by atoms with Gasteiger partial charge in [-0.2, -0.15) is 0 Å². The predicted octanol–water partition coefficient (Wildman–Crippen LogP) is 3.39. The Bertz CT molecular complexity index is 666. The van der Waals surface area contributed by atoms with Crippen LogP contribution in [0.4, 0.5) is 0 Å². The van der Waals surface area contributed by atoms with Crippen LogP contribution in [0.15, 0.2) is 23.1 Å². The van der Waals surface area contributed by atoms with E-state index in [1.807, 2.05) is 6.92 Å². The van der Waals surface area contributed by atoms with Gasteiger partial charge in [0.25, 0.3) is 0 Å². The molecule has 1 aromatic carbocycles. The second-order valence-corrected chi connectivity index (χ2v) is 7.83. The molecule has 25 heavy (non-hydrogen) atoms. The van der Waals surface area contributed by atoms with E-state index in [9.17, 15) is 18.3 Å². The van der Waals surface area contributed by atoms with E-state index in [0.29, 0.717) is 12.0 Å². The van der Waals surface area contributed by atoms with Crippen molar-refractivity contribution in [1.82, 2.24) is 4.90 Å². The van der Waals surface area contributed by atoms with Crippen LogP contribution in [0, 0.1) is 0 Å². The van der Waals surface area contributed by atoms with Crippen LogP contribution in [-0.4, -0.2) is 37.5 Å². The van der Waals surface area contributed by atoms with Crippen LogP contribution in [0.5, 0.6) is 0 Å². The summed E-state index contributed by atoms with van der Waals surface area (Å²) >= 11 is 0. The largest absolute Gasteiger partial charge is 0.478 e. The van der Waals surface area contributed by atoms with Gasteiger partial charge in [-0.15, -0.1) is 0 Å². The van der Waals surface area contributed by atoms with Crippen LogP contribution in [-0.2, 0) is 10.0 Å². The number of unbranched alkanes of at least 4 members (excludes halogenated alkanes) is 2. The Morgan fingerprint density at radius 2 is 1.72 bits per heavy atom. The Hall–Kier alpha value is -1.44. The molecule has 0 spiro atoms. The predicted molar refractivity (Wildman–Crippen MR) is 99.2 cm³/mol. The maximum Gasteiger partial charge on any atom is 0.336 e. The maximum atomic E-state index is 11.7. The molecular formula is C18H30N2O4S. The Labute approximate surface area is 151 Å². The smallest absolute Gasteiger partial charge is 0.336 e. The Balaban J connectivity index is 3.39. The van der Waals surface area contributed by atoms with Gasteiger partial charge in [-0.25, -0.2) is 18.4 Å². The van der Waals surface area contributed by atoms with Gasteiger partial charge in [0.2, 0.25) is 10.0 Å². The lowest BCUT2D eigenvalue weighted by Gasteiger charge is -2.32. The van der Waals surface area contributed by atoms with Crippen molar-refractivity contribution < 1.29 is 18.3 Å². The molecule has 0 fully saturated rings. The maximum absolute atomic E-state index is 11.7. The first-order chi connectivity index (χ1) is 11.8. The molecule has 0 saturated carbocycles. The van der Waals surface area contributed by atoms with E-state index in [1.54, 1.807) is 0 Å². The van der Waals surface area contributed by atoms with Crippen LogP contribution in [0.2, 0.25) is 0 Å². The molecule has 6 nitrogen and oxygen atoms in total. The van der Waals surface area contributed by atoms with Crippen molar-refractivity contribution in [2.24, 2.45) is 5.14 Å². The first-order valence-corrected chi connectivity index (χ1v) is 10.4. The molecular weight excluding hydrogens is 340 g/mol. The minimum Gasteiger partial charge on any atom is -0.478 e. The molecule has 0 amide bonds. The molecule has 0 aliphatic carbocycles.